The molecule has 0 amide bonds. The van der Waals surface area contributed by atoms with Gasteiger partial charge in [-0.25, -0.2) is 8.42 Å². The molecule has 3 heterocycles. The maximum absolute atomic E-state index is 13.1. The van der Waals surface area contributed by atoms with Crippen LogP contribution >= 0.6 is 0 Å². The second-order valence-corrected chi connectivity index (χ2v) is 9.20. The zero-order valence-corrected chi connectivity index (χ0v) is 16.5. The summed E-state index contributed by atoms with van der Waals surface area (Å²) < 4.78 is 29.9. The number of hydrogen-bond donors (Lipinski definition) is 1. The summed E-state index contributed by atoms with van der Waals surface area (Å²) in [5, 5.41) is 7.78. The summed E-state index contributed by atoms with van der Waals surface area (Å²) in [7, 11) is -3.44. The zero-order chi connectivity index (χ0) is 18.9. The van der Waals surface area contributed by atoms with Gasteiger partial charge in [-0.1, -0.05) is 18.2 Å². The van der Waals surface area contributed by atoms with E-state index in [2.05, 4.69) is 22.2 Å². The molecule has 2 saturated heterocycles. The number of hydrogen-bond acceptors (Lipinski definition) is 5. The van der Waals surface area contributed by atoms with Crippen molar-refractivity contribution in [3.05, 3.63) is 48.3 Å². The maximum Gasteiger partial charge on any atom is 0.243 e. The lowest BCUT2D eigenvalue weighted by Gasteiger charge is -2.39. The highest BCUT2D eigenvalue weighted by Gasteiger charge is 2.43. The number of benzene rings is 1. The smallest absolute Gasteiger partial charge is 0.243 e. The number of rotatable bonds is 7. The van der Waals surface area contributed by atoms with Crippen LogP contribution in [0.3, 0.4) is 0 Å². The molecule has 3 unspecified atom stereocenters. The summed E-state index contributed by atoms with van der Waals surface area (Å²) in [6.45, 7) is 6.78. The summed E-state index contributed by atoms with van der Waals surface area (Å²) in [5.41, 5.74) is 1.15. The predicted octanol–water partition coefficient (Wildman–Crippen LogP) is 1.14. The first-order chi connectivity index (χ1) is 13.1. The van der Waals surface area contributed by atoms with Gasteiger partial charge in [0.15, 0.2) is 0 Å². The number of aromatic nitrogens is 2. The minimum Gasteiger partial charge on any atom is -0.311 e. The highest BCUT2D eigenvalue weighted by Crippen LogP contribution is 2.30. The van der Waals surface area contributed by atoms with Crippen molar-refractivity contribution in [3.63, 3.8) is 0 Å². The molecule has 146 valence electrons. The fourth-order valence-electron chi connectivity index (χ4n) is 4.08. The van der Waals surface area contributed by atoms with Gasteiger partial charge < -0.3 is 5.32 Å². The van der Waals surface area contributed by atoms with Gasteiger partial charge in [-0.3, -0.25) is 9.58 Å². The van der Waals surface area contributed by atoms with Gasteiger partial charge in [0.1, 0.15) is 0 Å². The fraction of sp³-hybridized carbons (Fsp3) is 0.526. The molecular weight excluding hydrogens is 362 g/mol. The predicted molar refractivity (Wildman–Crippen MR) is 104 cm³/mol. The lowest BCUT2D eigenvalue weighted by atomic mass is 10.2. The highest BCUT2D eigenvalue weighted by atomic mass is 32.2. The average Bonchev–Trinajstić information content (AvgIpc) is 3.31. The van der Waals surface area contributed by atoms with Crippen molar-refractivity contribution in [3.8, 4) is 0 Å². The number of sulfonamides is 1. The zero-order valence-electron chi connectivity index (χ0n) is 15.7. The van der Waals surface area contributed by atoms with E-state index in [-0.39, 0.29) is 12.1 Å². The monoisotopic (exact) mass is 389 g/mol. The Morgan fingerprint density at radius 1 is 1.22 bits per heavy atom. The number of piperazine rings is 1. The number of nitrogens with zero attached hydrogens (tertiary/aromatic N) is 4. The molecule has 2 fully saturated rings. The molecule has 2 aromatic rings. The van der Waals surface area contributed by atoms with E-state index in [1.807, 2.05) is 23.1 Å². The third kappa shape index (κ3) is 3.80. The Bertz CT molecular complexity index is 867. The third-order valence-electron chi connectivity index (χ3n) is 5.58. The molecule has 1 aromatic heterocycles. The normalized spacial score (nSPS) is 25.7. The Hall–Kier alpha value is -1.74. The summed E-state index contributed by atoms with van der Waals surface area (Å²) >= 11 is 0. The standard InChI is InChI=1S/C19H27N5O2S/c1-2-23-13-16(11-21-23)10-20-12-18-15-24(17-8-9-22(18)14-17)27(25,26)19-6-4-3-5-7-19/h3-7,11,13,17-18,20H,2,8-10,12,14-15H2,1H3. The van der Waals surface area contributed by atoms with Crippen LogP contribution in [0.25, 0.3) is 0 Å². The van der Waals surface area contributed by atoms with Crippen molar-refractivity contribution in [1.29, 1.82) is 0 Å². The molecule has 1 aromatic carbocycles. The SMILES string of the molecule is CCn1cc(CNCC2CN(S(=O)(=O)c3ccccc3)C3CCN2C3)cn1. The topological polar surface area (TPSA) is 70.5 Å². The van der Waals surface area contributed by atoms with E-state index >= 15 is 0 Å². The van der Waals surface area contributed by atoms with Gasteiger partial charge in [-0.15, -0.1) is 0 Å². The Morgan fingerprint density at radius 2 is 2.04 bits per heavy atom. The second kappa shape index (κ2) is 7.71. The van der Waals surface area contributed by atoms with Gasteiger partial charge in [-0.05, 0) is 25.5 Å². The van der Waals surface area contributed by atoms with Gasteiger partial charge in [0.05, 0.1) is 11.1 Å². The van der Waals surface area contributed by atoms with E-state index in [1.54, 1.807) is 28.6 Å². The van der Waals surface area contributed by atoms with Crippen LogP contribution in [0.1, 0.15) is 18.9 Å². The van der Waals surface area contributed by atoms with Crippen LogP contribution in [-0.2, 0) is 23.1 Å². The Labute approximate surface area is 161 Å². The van der Waals surface area contributed by atoms with E-state index < -0.39 is 10.0 Å². The van der Waals surface area contributed by atoms with Crippen molar-refractivity contribution in [2.45, 2.75) is 43.4 Å². The third-order valence-corrected chi connectivity index (χ3v) is 7.51. The van der Waals surface area contributed by atoms with Crippen LogP contribution in [0.2, 0.25) is 0 Å². The number of fused-ring (bicyclic) bond motifs is 2. The van der Waals surface area contributed by atoms with Crippen LogP contribution in [0.15, 0.2) is 47.6 Å². The quantitative estimate of drug-likeness (QED) is 0.769. The molecule has 2 bridgehead atoms. The van der Waals surface area contributed by atoms with E-state index in [0.717, 1.165) is 44.7 Å². The molecule has 2 aliphatic rings. The molecule has 0 radical (unpaired) electrons. The van der Waals surface area contributed by atoms with Crippen LogP contribution in [0, 0.1) is 0 Å². The van der Waals surface area contributed by atoms with Crippen molar-refractivity contribution < 1.29 is 8.42 Å². The van der Waals surface area contributed by atoms with Gasteiger partial charge in [-0.2, -0.15) is 9.40 Å². The van der Waals surface area contributed by atoms with Crippen molar-refractivity contribution in [2.24, 2.45) is 0 Å². The first-order valence-electron chi connectivity index (χ1n) is 9.61. The van der Waals surface area contributed by atoms with Crippen molar-refractivity contribution >= 4 is 10.0 Å². The van der Waals surface area contributed by atoms with E-state index in [9.17, 15) is 8.42 Å². The van der Waals surface area contributed by atoms with Crippen LogP contribution in [-0.4, -0.2) is 65.7 Å². The molecule has 1 N–H and O–H groups in total. The molecule has 0 aliphatic carbocycles. The molecule has 2 aliphatic heterocycles. The van der Waals surface area contributed by atoms with Gasteiger partial charge in [0.2, 0.25) is 10.0 Å². The van der Waals surface area contributed by atoms with E-state index in [4.69, 9.17) is 0 Å². The first-order valence-corrected chi connectivity index (χ1v) is 11.0. The number of aryl methyl sites for hydroxylation is 1. The molecular formula is C19H27N5O2S. The Morgan fingerprint density at radius 3 is 2.78 bits per heavy atom. The molecule has 0 spiro atoms. The van der Waals surface area contributed by atoms with Crippen LogP contribution in [0.4, 0.5) is 0 Å². The largest absolute Gasteiger partial charge is 0.311 e. The lowest BCUT2D eigenvalue weighted by Crippen LogP contribution is -2.57. The van der Waals surface area contributed by atoms with Gasteiger partial charge >= 0.3 is 0 Å². The Kier molecular flexibility index (Phi) is 5.32. The van der Waals surface area contributed by atoms with Crippen molar-refractivity contribution in [1.82, 2.24) is 24.3 Å². The highest BCUT2D eigenvalue weighted by molar-refractivity contribution is 7.89. The van der Waals surface area contributed by atoms with Gasteiger partial charge in [0, 0.05) is 63.1 Å². The number of nitrogens with one attached hydrogen (secondary N) is 1. The van der Waals surface area contributed by atoms with Gasteiger partial charge in [0.25, 0.3) is 0 Å². The average molecular weight is 390 g/mol. The second-order valence-electron chi connectivity index (χ2n) is 7.31. The maximum atomic E-state index is 13.1. The summed E-state index contributed by atoms with van der Waals surface area (Å²) in [5.74, 6) is 0. The van der Waals surface area contributed by atoms with E-state index in [0.29, 0.717) is 11.4 Å². The fourth-order valence-corrected chi connectivity index (χ4v) is 5.78. The molecule has 7 nitrogen and oxygen atoms in total. The minimum atomic E-state index is -3.44. The molecule has 0 saturated carbocycles. The molecule has 4 rings (SSSR count). The summed E-state index contributed by atoms with van der Waals surface area (Å²) in [6, 6.07) is 9.09. The first kappa shape index (κ1) is 18.6. The minimum absolute atomic E-state index is 0.0919. The van der Waals surface area contributed by atoms with Crippen molar-refractivity contribution in [2.75, 3.05) is 26.2 Å². The van der Waals surface area contributed by atoms with E-state index in [1.165, 1.54) is 0 Å². The summed E-state index contributed by atoms with van der Waals surface area (Å²) in [4.78, 5) is 2.81. The summed E-state index contributed by atoms with van der Waals surface area (Å²) in [6.07, 6.45) is 4.84. The van der Waals surface area contributed by atoms with Crippen LogP contribution in [0.5, 0.6) is 0 Å². The molecule has 3 atom stereocenters. The molecule has 27 heavy (non-hydrogen) atoms. The molecule has 8 heteroatoms. The lowest BCUT2D eigenvalue weighted by molar-refractivity contribution is 0.141. The Balaban J connectivity index is 1.42. The van der Waals surface area contributed by atoms with Crippen LogP contribution < -0.4 is 5.32 Å².